The highest BCUT2D eigenvalue weighted by molar-refractivity contribution is 5.88. The van der Waals surface area contributed by atoms with Crippen molar-refractivity contribution in [1.82, 2.24) is 19.9 Å². The number of aromatic nitrogens is 3. The van der Waals surface area contributed by atoms with Crippen LogP contribution in [0.15, 0.2) is 47.4 Å². The van der Waals surface area contributed by atoms with E-state index in [1.54, 1.807) is 6.07 Å². The van der Waals surface area contributed by atoms with E-state index in [4.69, 9.17) is 10.5 Å². The van der Waals surface area contributed by atoms with Gasteiger partial charge < -0.3 is 15.5 Å². The Morgan fingerprint density at radius 1 is 1.03 bits per heavy atom. The van der Waals surface area contributed by atoms with E-state index in [1.807, 2.05) is 12.1 Å². The number of nitrogens with one attached hydrogen (secondary N) is 1. The van der Waals surface area contributed by atoms with Crippen LogP contribution in [0.3, 0.4) is 0 Å². The zero-order valence-electron chi connectivity index (χ0n) is 21.8. The SMILES string of the molecule is C[C@@H]1CCCN1Cc1cc(-c2nc(-c3ccc4c(=O)[nH]cc(F)c4c3)c(N)nc2F)ccc1C1CCOCC1. The Labute approximate surface area is 225 Å². The molecule has 2 aromatic heterocycles. The maximum atomic E-state index is 15.3. The van der Waals surface area contributed by atoms with Crippen molar-refractivity contribution in [2.45, 2.75) is 51.1 Å². The highest BCUT2D eigenvalue weighted by Gasteiger charge is 2.25. The summed E-state index contributed by atoms with van der Waals surface area (Å²) in [7, 11) is 0. The Bertz CT molecular complexity index is 1600. The zero-order valence-corrected chi connectivity index (χ0v) is 21.8. The average Bonchev–Trinajstić information content (AvgIpc) is 3.35. The molecule has 2 saturated heterocycles. The van der Waals surface area contributed by atoms with Gasteiger partial charge in [0, 0.05) is 53.9 Å². The smallest absolute Gasteiger partial charge is 0.256 e. The predicted molar refractivity (Wildman–Crippen MR) is 147 cm³/mol. The van der Waals surface area contributed by atoms with Gasteiger partial charge in [-0.3, -0.25) is 9.69 Å². The third kappa shape index (κ3) is 4.92. The van der Waals surface area contributed by atoms with E-state index in [2.05, 4.69) is 32.8 Å². The van der Waals surface area contributed by atoms with Crippen molar-refractivity contribution in [3.05, 3.63) is 75.8 Å². The lowest BCUT2D eigenvalue weighted by Gasteiger charge is -2.28. The molecule has 0 saturated carbocycles. The summed E-state index contributed by atoms with van der Waals surface area (Å²) in [6.45, 7) is 5.57. The standard InChI is InChI=1S/C30H31F2N5O2/c1-17-3-2-10-37(17)16-21-13-19(4-6-22(21)18-8-11-39-12-9-18)26-28(32)36-29(33)27(35-26)20-5-7-23-24(14-20)25(31)15-34-30(23)38/h4-7,13-15,17-18H,2-3,8-12,16H2,1H3,(H2,33,36)(H,34,38)/t17-/m1/s1. The molecular weight excluding hydrogens is 500 g/mol. The van der Waals surface area contributed by atoms with Gasteiger partial charge in [0.05, 0.1) is 0 Å². The second-order valence-corrected chi connectivity index (χ2v) is 10.6. The highest BCUT2D eigenvalue weighted by atomic mass is 19.1. The summed E-state index contributed by atoms with van der Waals surface area (Å²) in [6, 6.07) is 11.1. The normalized spacial score (nSPS) is 18.7. The molecule has 2 aliphatic heterocycles. The Morgan fingerprint density at radius 2 is 1.79 bits per heavy atom. The molecule has 6 rings (SSSR count). The van der Waals surface area contributed by atoms with Crippen LogP contribution in [0.1, 0.15) is 49.7 Å². The number of pyridine rings is 1. The molecule has 2 aromatic carbocycles. The fourth-order valence-corrected chi connectivity index (χ4v) is 5.94. The average molecular weight is 532 g/mol. The summed E-state index contributed by atoms with van der Waals surface area (Å²) in [5.41, 5.74) is 9.51. The third-order valence-corrected chi connectivity index (χ3v) is 8.15. The van der Waals surface area contributed by atoms with Gasteiger partial charge in [-0.2, -0.15) is 9.37 Å². The number of rotatable bonds is 5. The van der Waals surface area contributed by atoms with Gasteiger partial charge in [0.15, 0.2) is 5.82 Å². The predicted octanol–water partition coefficient (Wildman–Crippen LogP) is 5.39. The molecule has 0 unspecified atom stereocenters. The minimum atomic E-state index is -0.765. The first-order valence-electron chi connectivity index (χ1n) is 13.5. The molecule has 0 aliphatic carbocycles. The van der Waals surface area contributed by atoms with E-state index >= 15 is 4.39 Å². The van der Waals surface area contributed by atoms with Crippen molar-refractivity contribution < 1.29 is 13.5 Å². The molecule has 9 heteroatoms. The first-order chi connectivity index (χ1) is 18.9. The molecule has 202 valence electrons. The topological polar surface area (TPSA) is 97.1 Å². The van der Waals surface area contributed by atoms with Crippen LogP contribution in [0.5, 0.6) is 0 Å². The fraction of sp³-hybridized carbons (Fsp3) is 0.367. The quantitative estimate of drug-likeness (QED) is 0.358. The van der Waals surface area contributed by atoms with Crippen LogP contribution >= 0.6 is 0 Å². The molecule has 39 heavy (non-hydrogen) atoms. The van der Waals surface area contributed by atoms with Gasteiger partial charge in [0.25, 0.3) is 5.56 Å². The Morgan fingerprint density at radius 3 is 2.56 bits per heavy atom. The second-order valence-electron chi connectivity index (χ2n) is 10.6. The van der Waals surface area contributed by atoms with Crippen LogP contribution in [0.2, 0.25) is 0 Å². The summed E-state index contributed by atoms with van der Waals surface area (Å²) < 4.78 is 35.4. The molecule has 4 heterocycles. The first-order valence-corrected chi connectivity index (χ1v) is 13.5. The number of likely N-dealkylation sites (tertiary alicyclic amines) is 1. The monoisotopic (exact) mass is 531 g/mol. The van der Waals surface area contributed by atoms with Gasteiger partial charge in [-0.05, 0) is 74.4 Å². The van der Waals surface area contributed by atoms with Crippen LogP contribution < -0.4 is 11.3 Å². The van der Waals surface area contributed by atoms with Crippen molar-refractivity contribution in [2.24, 2.45) is 0 Å². The van der Waals surface area contributed by atoms with Crippen molar-refractivity contribution >= 4 is 16.6 Å². The lowest BCUT2D eigenvalue weighted by molar-refractivity contribution is 0.0849. The molecule has 3 N–H and O–H groups in total. The zero-order chi connectivity index (χ0) is 27.1. The molecule has 0 bridgehead atoms. The largest absolute Gasteiger partial charge is 0.382 e. The highest BCUT2D eigenvalue weighted by Crippen LogP contribution is 2.35. The van der Waals surface area contributed by atoms with Crippen molar-refractivity contribution in [3.8, 4) is 22.5 Å². The number of fused-ring (bicyclic) bond motifs is 1. The van der Waals surface area contributed by atoms with Crippen LogP contribution in [0.25, 0.3) is 33.3 Å². The Kier molecular flexibility index (Phi) is 6.86. The second kappa shape index (κ2) is 10.5. The van der Waals surface area contributed by atoms with Gasteiger partial charge in [-0.25, -0.2) is 9.37 Å². The number of benzene rings is 2. The van der Waals surface area contributed by atoms with Gasteiger partial charge >= 0.3 is 0 Å². The number of hydrogen-bond acceptors (Lipinski definition) is 6. The maximum Gasteiger partial charge on any atom is 0.256 e. The summed E-state index contributed by atoms with van der Waals surface area (Å²) in [5.74, 6) is -1.05. The molecule has 2 aliphatic rings. The molecule has 0 radical (unpaired) electrons. The lowest BCUT2D eigenvalue weighted by atomic mass is 9.87. The number of halogens is 2. The number of hydrogen-bond donors (Lipinski definition) is 2. The van der Waals surface area contributed by atoms with Crippen LogP contribution in [-0.2, 0) is 11.3 Å². The summed E-state index contributed by atoms with van der Waals surface area (Å²) in [4.78, 5) is 25.5. The van der Waals surface area contributed by atoms with E-state index in [1.165, 1.54) is 36.1 Å². The number of aromatic amines is 1. The summed E-state index contributed by atoms with van der Waals surface area (Å²) in [6.07, 6.45) is 5.29. The maximum absolute atomic E-state index is 15.3. The number of anilines is 1. The molecule has 0 amide bonds. The van der Waals surface area contributed by atoms with E-state index in [9.17, 15) is 9.18 Å². The number of nitrogens with zero attached hydrogens (tertiary/aromatic N) is 3. The van der Waals surface area contributed by atoms with Crippen LogP contribution in [0, 0.1) is 11.8 Å². The molecule has 0 spiro atoms. The van der Waals surface area contributed by atoms with E-state index < -0.39 is 17.3 Å². The van der Waals surface area contributed by atoms with Gasteiger partial charge in [0.1, 0.15) is 17.2 Å². The number of nitrogens with two attached hydrogens (primary N) is 1. The molecule has 7 nitrogen and oxygen atoms in total. The minimum absolute atomic E-state index is 0.0833. The van der Waals surface area contributed by atoms with E-state index in [0.717, 1.165) is 45.3 Å². The summed E-state index contributed by atoms with van der Waals surface area (Å²) in [5, 5.41) is 0.336. The molecular formula is C30H31F2N5O2. The van der Waals surface area contributed by atoms with Crippen molar-refractivity contribution in [1.29, 1.82) is 0 Å². The number of H-pyrrole nitrogens is 1. The fourth-order valence-electron chi connectivity index (χ4n) is 5.94. The van der Waals surface area contributed by atoms with Gasteiger partial charge in [0.2, 0.25) is 5.95 Å². The van der Waals surface area contributed by atoms with Gasteiger partial charge in [-0.1, -0.05) is 18.2 Å². The van der Waals surface area contributed by atoms with Crippen molar-refractivity contribution in [3.63, 3.8) is 0 Å². The molecule has 1 atom stereocenters. The van der Waals surface area contributed by atoms with Crippen LogP contribution in [-0.4, -0.2) is 45.7 Å². The molecule has 2 fully saturated rings. The Balaban J connectivity index is 1.43. The summed E-state index contributed by atoms with van der Waals surface area (Å²) >= 11 is 0. The van der Waals surface area contributed by atoms with Crippen LogP contribution in [0.4, 0.5) is 14.6 Å². The lowest BCUT2D eigenvalue weighted by Crippen LogP contribution is -2.27. The number of ether oxygens (including phenoxy) is 1. The third-order valence-electron chi connectivity index (χ3n) is 8.15. The number of nitrogen functional groups attached to an aromatic ring is 1. The van der Waals surface area contributed by atoms with Gasteiger partial charge in [-0.15, -0.1) is 0 Å². The minimum Gasteiger partial charge on any atom is -0.382 e. The molecule has 4 aromatic rings. The van der Waals surface area contributed by atoms with E-state index in [-0.39, 0.29) is 28.0 Å². The Hall–Kier alpha value is -3.69. The van der Waals surface area contributed by atoms with E-state index in [0.29, 0.717) is 23.1 Å². The first kappa shape index (κ1) is 25.6. The van der Waals surface area contributed by atoms with Crippen molar-refractivity contribution in [2.75, 3.05) is 25.5 Å².